The van der Waals surface area contributed by atoms with E-state index < -0.39 is 0 Å². The zero-order valence-corrected chi connectivity index (χ0v) is 11.9. The van der Waals surface area contributed by atoms with Crippen molar-refractivity contribution >= 4 is 0 Å². The van der Waals surface area contributed by atoms with Crippen LogP contribution < -0.4 is 0 Å². The highest BCUT2D eigenvalue weighted by atomic mass is 16.5. The fourth-order valence-corrected chi connectivity index (χ4v) is 2.96. The van der Waals surface area contributed by atoms with Gasteiger partial charge < -0.3 is 9.84 Å². The highest BCUT2D eigenvalue weighted by molar-refractivity contribution is 5.55. The number of hydrogen-bond acceptors (Lipinski definition) is 2. The molecular weight excluding hydrogens is 224 g/mol. The van der Waals surface area contributed by atoms with Crippen LogP contribution >= 0.6 is 0 Å². The lowest BCUT2D eigenvalue weighted by Gasteiger charge is -2.19. The van der Waals surface area contributed by atoms with Gasteiger partial charge >= 0.3 is 0 Å². The summed E-state index contributed by atoms with van der Waals surface area (Å²) in [5.74, 6) is 0. The van der Waals surface area contributed by atoms with Crippen molar-refractivity contribution in [1.82, 2.24) is 0 Å². The first-order valence-electron chi connectivity index (χ1n) is 6.44. The number of benzene rings is 1. The summed E-state index contributed by atoms with van der Waals surface area (Å²) >= 11 is 0. The first kappa shape index (κ1) is 13.3. The van der Waals surface area contributed by atoms with Gasteiger partial charge in [0.2, 0.25) is 0 Å². The van der Waals surface area contributed by atoms with Gasteiger partial charge in [0.15, 0.2) is 0 Å². The van der Waals surface area contributed by atoms with Crippen LogP contribution in [0.15, 0.2) is 12.2 Å². The van der Waals surface area contributed by atoms with Gasteiger partial charge in [-0.15, -0.1) is 0 Å². The maximum atomic E-state index is 9.31. The molecule has 1 heterocycles. The van der Waals surface area contributed by atoms with E-state index in [1.807, 2.05) is 0 Å². The molecule has 2 nitrogen and oxygen atoms in total. The Balaban J connectivity index is 2.71. The molecule has 0 aromatic heterocycles. The van der Waals surface area contributed by atoms with Crippen molar-refractivity contribution < 1.29 is 9.84 Å². The average molecular weight is 246 g/mol. The van der Waals surface area contributed by atoms with Crippen molar-refractivity contribution in [2.75, 3.05) is 6.61 Å². The average Bonchev–Trinajstić information content (AvgIpc) is 2.70. The number of ether oxygens (including phenoxy) is 1. The topological polar surface area (TPSA) is 29.5 Å². The van der Waals surface area contributed by atoms with Gasteiger partial charge in [-0.3, -0.25) is 0 Å². The molecule has 2 rings (SSSR count). The van der Waals surface area contributed by atoms with E-state index in [0.717, 1.165) is 5.57 Å². The fraction of sp³-hybridized carbons (Fsp3) is 0.500. The van der Waals surface area contributed by atoms with Gasteiger partial charge in [-0.25, -0.2) is 0 Å². The van der Waals surface area contributed by atoms with Gasteiger partial charge in [-0.1, -0.05) is 6.58 Å². The van der Waals surface area contributed by atoms with Crippen LogP contribution in [0.25, 0.3) is 0 Å². The van der Waals surface area contributed by atoms with E-state index in [9.17, 15) is 5.11 Å². The molecule has 2 atom stereocenters. The quantitative estimate of drug-likeness (QED) is 0.808. The molecule has 1 aliphatic heterocycles. The molecule has 0 spiro atoms. The number of rotatable bonds is 2. The summed E-state index contributed by atoms with van der Waals surface area (Å²) in [7, 11) is 0. The summed E-state index contributed by atoms with van der Waals surface area (Å²) in [6.45, 7) is 14.6. The van der Waals surface area contributed by atoms with Gasteiger partial charge in [0.1, 0.15) is 6.10 Å². The molecule has 1 N–H and O–H groups in total. The lowest BCUT2D eigenvalue weighted by molar-refractivity contribution is 0.0372. The SMILES string of the molecule is C=C(CO)C1OC(C)c2c(C)c(C)c(C)c(C)c21. The lowest BCUT2D eigenvalue weighted by atomic mass is 9.85. The fourth-order valence-electron chi connectivity index (χ4n) is 2.96. The van der Waals surface area contributed by atoms with Crippen molar-refractivity contribution in [2.45, 2.75) is 46.8 Å². The third kappa shape index (κ3) is 1.72. The van der Waals surface area contributed by atoms with Crippen molar-refractivity contribution in [3.63, 3.8) is 0 Å². The maximum Gasteiger partial charge on any atom is 0.107 e. The predicted octanol–water partition coefficient (Wildman–Crippen LogP) is 3.60. The molecule has 0 saturated heterocycles. The molecule has 2 unspecified atom stereocenters. The summed E-state index contributed by atoms with van der Waals surface area (Å²) in [5, 5.41) is 9.31. The Morgan fingerprint density at radius 3 is 2.06 bits per heavy atom. The molecule has 98 valence electrons. The minimum atomic E-state index is -0.155. The highest BCUT2D eigenvalue weighted by Crippen LogP contribution is 2.47. The Labute approximate surface area is 109 Å². The van der Waals surface area contributed by atoms with E-state index in [-0.39, 0.29) is 18.8 Å². The van der Waals surface area contributed by atoms with Crippen LogP contribution in [0.2, 0.25) is 0 Å². The lowest BCUT2D eigenvalue weighted by Crippen LogP contribution is -2.07. The normalized spacial score (nSPS) is 22.1. The minimum absolute atomic E-state index is 0.0256. The predicted molar refractivity (Wildman–Crippen MR) is 73.9 cm³/mol. The van der Waals surface area contributed by atoms with Crippen LogP contribution in [0, 0.1) is 27.7 Å². The Hall–Kier alpha value is -1.12. The minimum Gasteiger partial charge on any atom is -0.392 e. The van der Waals surface area contributed by atoms with E-state index in [1.165, 1.54) is 33.4 Å². The van der Waals surface area contributed by atoms with Gasteiger partial charge in [0.25, 0.3) is 0 Å². The highest BCUT2D eigenvalue weighted by Gasteiger charge is 2.34. The first-order chi connectivity index (χ1) is 8.40. The maximum absolute atomic E-state index is 9.31. The Morgan fingerprint density at radius 1 is 1.06 bits per heavy atom. The van der Waals surface area contributed by atoms with Crippen LogP contribution in [0.3, 0.4) is 0 Å². The molecule has 0 amide bonds. The molecule has 1 aromatic rings. The summed E-state index contributed by atoms with van der Waals surface area (Å²) < 4.78 is 6.00. The van der Waals surface area contributed by atoms with Crippen molar-refractivity contribution in [3.8, 4) is 0 Å². The third-order valence-corrected chi connectivity index (χ3v) is 4.37. The zero-order valence-electron chi connectivity index (χ0n) is 11.9. The van der Waals surface area contributed by atoms with Crippen LogP contribution in [0.4, 0.5) is 0 Å². The molecular formula is C16H22O2. The van der Waals surface area contributed by atoms with Crippen LogP contribution in [0.5, 0.6) is 0 Å². The van der Waals surface area contributed by atoms with E-state index in [0.29, 0.717) is 0 Å². The van der Waals surface area contributed by atoms with Crippen LogP contribution in [-0.2, 0) is 4.74 Å². The summed E-state index contributed by atoms with van der Waals surface area (Å²) in [6.07, 6.45) is -0.0794. The van der Waals surface area contributed by atoms with Gasteiger partial charge in [-0.2, -0.15) is 0 Å². The smallest absolute Gasteiger partial charge is 0.107 e. The Bertz CT molecular complexity index is 515. The van der Waals surface area contributed by atoms with Gasteiger partial charge in [0, 0.05) is 0 Å². The number of aliphatic hydroxyl groups is 1. The zero-order chi connectivity index (χ0) is 13.6. The number of fused-ring (bicyclic) bond motifs is 1. The number of aliphatic hydroxyl groups excluding tert-OH is 1. The first-order valence-corrected chi connectivity index (χ1v) is 6.44. The largest absolute Gasteiger partial charge is 0.392 e. The third-order valence-electron chi connectivity index (χ3n) is 4.37. The Morgan fingerprint density at radius 2 is 1.56 bits per heavy atom. The molecule has 1 aromatic carbocycles. The van der Waals surface area contributed by atoms with E-state index in [4.69, 9.17) is 4.74 Å². The summed E-state index contributed by atoms with van der Waals surface area (Å²) in [6, 6.07) is 0. The molecule has 0 fully saturated rings. The molecule has 0 radical (unpaired) electrons. The van der Waals surface area contributed by atoms with Crippen molar-refractivity contribution in [3.05, 3.63) is 45.5 Å². The molecule has 2 heteroatoms. The molecule has 18 heavy (non-hydrogen) atoms. The van der Waals surface area contributed by atoms with E-state index in [2.05, 4.69) is 41.2 Å². The van der Waals surface area contributed by atoms with Crippen molar-refractivity contribution in [1.29, 1.82) is 0 Å². The van der Waals surface area contributed by atoms with E-state index >= 15 is 0 Å². The van der Waals surface area contributed by atoms with Gasteiger partial charge in [0.05, 0.1) is 12.7 Å². The molecule has 1 aliphatic rings. The molecule has 0 aliphatic carbocycles. The Kier molecular flexibility index (Phi) is 3.35. The van der Waals surface area contributed by atoms with Crippen molar-refractivity contribution in [2.24, 2.45) is 0 Å². The second-order valence-electron chi connectivity index (χ2n) is 5.30. The molecule has 0 saturated carbocycles. The second-order valence-corrected chi connectivity index (χ2v) is 5.30. The number of hydrogen-bond donors (Lipinski definition) is 1. The van der Waals surface area contributed by atoms with E-state index in [1.54, 1.807) is 0 Å². The van der Waals surface area contributed by atoms with Crippen LogP contribution in [-0.4, -0.2) is 11.7 Å². The monoisotopic (exact) mass is 246 g/mol. The molecule has 0 bridgehead atoms. The summed E-state index contributed by atoms with van der Waals surface area (Å²) in [5.41, 5.74) is 8.51. The van der Waals surface area contributed by atoms with Gasteiger partial charge in [-0.05, 0) is 73.6 Å². The van der Waals surface area contributed by atoms with Crippen LogP contribution in [0.1, 0.15) is 52.5 Å². The summed E-state index contributed by atoms with van der Waals surface area (Å²) in [4.78, 5) is 0. The second kappa shape index (κ2) is 4.52. The standard InChI is InChI=1S/C16H22O2/c1-8(7-17)16-15-12(5)10(3)9(2)11(4)14(15)13(6)18-16/h13,16-17H,1,7H2,2-6H3.